The third-order valence-corrected chi connectivity index (χ3v) is 10.4. The summed E-state index contributed by atoms with van der Waals surface area (Å²) < 4.78 is 77.0. The number of sulfone groups is 1. The van der Waals surface area contributed by atoms with E-state index in [0.29, 0.717) is 40.2 Å². The number of fused-ring (bicyclic) bond motifs is 2. The Balaban J connectivity index is 1.16. The Labute approximate surface area is 262 Å². The maximum absolute atomic E-state index is 13.7. The quantitative estimate of drug-likeness (QED) is 0.319. The first-order chi connectivity index (χ1) is 21.5. The molecule has 8 nitrogen and oxygen atoms in total. The summed E-state index contributed by atoms with van der Waals surface area (Å²) in [6, 6.07) is 12.5. The molecule has 2 saturated heterocycles. The number of anilines is 2. The van der Waals surface area contributed by atoms with E-state index in [-0.39, 0.29) is 23.2 Å². The average molecular weight is 645 g/mol. The molecule has 6 rings (SSSR count). The number of hydrogen-bond acceptors (Lipinski definition) is 7. The second-order valence-corrected chi connectivity index (χ2v) is 14.4. The molecule has 2 atom stereocenters. The standard InChI is InChI=1S/C33H39F3N4O4S/c1-43-32-16-27(45(2,41)42)12-13-30(32)37-14-4-5-26-15-28-29(6-3-7-31(28)40(26)21-33(34,35)36)38-24-8-10-25(11-9-24)39-17-22-19-44-20-23(22)18-39/h3,6-7,12-13,15-16,22-25,37-38H,8-11,14,17-21H2,1-2H3/t22?,23?,24-,25+. The number of ether oxygens (including phenoxy) is 2. The molecule has 2 aromatic carbocycles. The molecular weight excluding hydrogens is 605 g/mol. The Morgan fingerprint density at radius 2 is 1.76 bits per heavy atom. The highest BCUT2D eigenvalue weighted by Gasteiger charge is 2.40. The van der Waals surface area contributed by atoms with Crippen LogP contribution in [0.1, 0.15) is 31.4 Å². The first kappa shape index (κ1) is 31.6. The van der Waals surface area contributed by atoms with E-state index in [9.17, 15) is 21.6 Å². The minimum atomic E-state index is -4.42. The zero-order valence-electron chi connectivity index (χ0n) is 25.5. The molecule has 242 valence electrons. The monoisotopic (exact) mass is 644 g/mol. The lowest BCUT2D eigenvalue weighted by atomic mass is 9.90. The molecule has 3 heterocycles. The fourth-order valence-corrected chi connectivity index (χ4v) is 7.65. The zero-order chi connectivity index (χ0) is 31.8. The van der Waals surface area contributed by atoms with Gasteiger partial charge in [0.05, 0.1) is 48.7 Å². The van der Waals surface area contributed by atoms with Gasteiger partial charge in [-0.3, -0.25) is 4.90 Å². The predicted molar refractivity (Wildman–Crippen MR) is 169 cm³/mol. The van der Waals surface area contributed by atoms with Gasteiger partial charge in [-0.1, -0.05) is 12.0 Å². The SMILES string of the molecule is COc1cc(S(C)(=O)=O)ccc1NCC#Cc1cc2c(N[C@H]3CC[C@@H](N4CC5COCC5C4)CC3)cccc2n1CC(F)(F)F. The van der Waals surface area contributed by atoms with Crippen LogP contribution >= 0.6 is 0 Å². The van der Waals surface area contributed by atoms with Gasteiger partial charge in [0.15, 0.2) is 9.84 Å². The van der Waals surface area contributed by atoms with Gasteiger partial charge in [0.25, 0.3) is 0 Å². The molecule has 3 fully saturated rings. The van der Waals surface area contributed by atoms with Gasteiger partial charge >= 0.3 is 6.18 Å². The van der Waals surface area contributed by atoms with Crippen LogP contribution in [0.3, 0.4) is 0 Å². The molecule has 2 aliphatic heterocycles. The first-order valence-corrected chi connectivity index (χ1v) is 17.3. The van der Waals surface area contributed by atoms with Gasteiger partial charge in [0.1, 0.15) is 12.3 Å². The molecule has 0 bridgehead atoms. The highest BCUT2D eigenvalue weighted by molar-refractivity contribution is 7.90. The highest BCUT2D eigenvalue weighted by Crippen LogP contribution is 2.36. The van der Waals surface area contributed by atoms with Gasteiger partial charge in [-0.2, -0.15) is 13.2 Å². The van der Waals surface area contributed by atoms with Crippen LogP contribution in [0.5, 0.6) is 5.75 Å². The van der Waals surface area contributed by atoms with Crippen LogP contribution in [-0.4, -0.2) is 82.4 Å². The third kappa shape index (κ3) is 7.21. The van der Waals surface area contributed by atoms with Crippen LogP contribution in [0.4, 0.5) is 24.5 Å². The molecule has 0 amide bonds. The largest absolute Gasteiger partial charge is 0.495 e. The van der Waals surface area contributed by atoms with Crippen molar-refractivity contribution < 1.29 is 31.1 Å². The lowest BCUT2D eigenvalue weighted by molar-refractivity contribution is -0.140. The molecule has 2 unspecified atom stereocenters. The number of aromatic nitrogens is 1. The third-order valence-electron chi connectivity index (χ3n) is 9.31. The van der Waals surface area contributed by atoms with Crippen molar-refractivity contribution in [3.05, 3.63) is 48.2 Å². The molecule has 3 aliphatic rings. The number of methoxy groups -OCH3 is 1. The zero-order valence-corrected chi connectivity index (χ0v) is 26.3. The Kier molecular flexibility index (Phi) is 8.96. The summed E-state index contributed by atoms with van der Waals surface area (Å²) in [7, 11) is -1.98. The van der Waals surface area contributed by atoms with Gasteiger partial charge in [-0.05, 0) is 61.9 Å². The van der Waals surface area contributed by atoms with Crippen molar-refractivity contribution in [3.63, 3.8) is 0 Å². The van der Waals surface area contributed by atoms with Crippen LogP contribution in [-0.2, 0) is 21.1 Å². The number of benzene rings is 2. The minimum absolute atomic E-state index is 0.113. The highest BCUT2D eigenvalue weighted by atomic mass is 32.2. The summed E-state index contributed by atoms with van der Waals surface area (Å²) in [4.78, 5) is 2.77. The Bertz CT molecular complexity index is 1690. The number of nitrogens with zero attached hydrogens (tertiary/aromatic N) is 2. The van der Waals surface area contributed by atoms with E-state index in [1.807, 2.05) is 6.07 Å². The van der Waals surface area contributed by atoms with Crippen LogP contribution < -0.4 is 15.4 Å². The smallest absolute Gasteiger partial charge is 0.406 e. The molecule has 0 radical (unpaired) electrons. The summed E-state index contributed by atoms with van der Waals surface area (Å²) in [5, 5.41) is 7.43. The van der Waals surface area contributed by atoms with E-state index in [1.54, 1.807) is 24.3 Å². The van der Waals surface area contributed by atoms with Gasteiger partial charge in [0, 0.05) is 60.4 Å². The van der Waals surface area contributed by atoms with Crippen molar-refractivity contribution in [1.29, 1.82) is 0 Å². The van der Waals surface area contributed by atoms with E-state index < -0.39 is 22.6 Å². The number of hydrogen-bond donors (Lipinski definition) is 2. The molecule has 1 aliphatic carbocycles. The molecule has 1 saturated carbocycles. The predicted octanol–water partition coefficient (Wildman–Crippen LogP) is 5.38. The molecule has 1 aromatic heterocycles. The average Bonchev–Trinajstić information content (AvgIpc) is 3.69. The van der Waals surface area contributed by atoms with Gasteiger partial charge in [-0.25, -0.2) is 8.42 Å². The Morgan fingerprint density at radius 1 is 1.02 bits per heavy atom. The van der Waals surface area contributed by atoms with Gasteiger partial charge in [-0.15, -0.1) is 0 Å². The normalized spacial score (nSPS) is 23.8. The number of rotatable bonds is 8. The van der Waals surface area contributed by atoms with Crippen molar-refractivity contribution in [2.75, 3.05) is 56.8 Å². The summed E-state index contributed by atoms with van der Waals surface area (Å²) in [5.74, 6) is 7.52. The van der Waals surface area contributed by atoms with Crippen molar-refractivity contribution in [1.82, 2.24) is 9.47 Å². The summed E-state index contributed by atoms with van der Waals surface area (Å²) in [6.45, 7) is 2.99. The molecule has 45 heavy (non-hydrogen) atoms. The lowest BCUT2D eigenvalue weighted by Crippen LogP contribution is -2.40. The maximum atomic E-state index is 13.7. The van der Waals surface area contributed by atoms with E-state index in [1.165, 1.54) is 23.8 Å². The van der Waals surface area contributed by atoms with Crippen LogP contribution in [0.25, 0.3) is 10.9 Å². The minimum Gasteiger partial charge on any atom is -0.495 e. The fourth-order valence-electron chi connectivity index (χ4n) is 7.01. The summed E-state index contributed by atoms with van der Waals surface area (Å²) in [6.07, 6.45) is 0.931. The molecule has 0 spiro atoms. The molecule has 2 N–H and O–H groups in total. The molecular formula is C33H39F3N4O4S. The number of alkyl halides is 3. The van der Waals surface area contributed by atoms with Gasteiger partial charge < -0.3 is 24.7 Å². The summed E-state index contributed by atoms with van der Waals surface area (Å²) in [5.41, 5.74) is 2.09. The van der Waals surface area contributed by atoms with Gasteiger partial charge in [0.2, 0.25) is 0 Å². The van der Waals surface area contributed by atoms with E-state index >= 15 is 0 Å². The number of nitrogens with one attached hydrogen (secondary N) is 2. The van der Waals surface area contributed by atoms with Crippen molar-refractivity contribution in [2.24, 2.45) is 11.8 Å². The Hall–Kier alpha value is -3.40. The molecule has 12 heteroatoms. The lowest BCUT2D eigenvalue weighted by Gasteiger charge is -2.35. The second-order valence-electron chi connectivity index (χ2n) is 12.4. The van der Waals surface area contributed by atoms with Crippen molar-refractivity contribution >= 4 is 32.1 Å². The van der Waals surface area contributed by atoms with Crippen LogP contribution in [0.2, 0.25) is 0 Å². The Morgan fingerprint density at radius 3 is 2.42 bits per heavy atom. The number of halogens is 3. The first-order valence-electron chi connectivity index (χ1n) is 15.4. The summed E-state index contributed by atoms with van der Waals surface area (Å²) >= 11 is 0. The topological polar surface area (TPSA) is 84.8 Å². The molecule has 3 aromatic rings. The van der Waals surface area contributed by atoms with Crippen LogP contribution in [0.15, 0.2) is 47.4 Å². The number of likely N-dealkylation sites (tertiary alicyclic amines) is 1. The van der Waals surface area contributed by atoms with Crippen molar-refractivity contribution in [3.8, 4) is 17.6 Å². The van der Waals surface area contributed by atoms with E-state index in [4.69, 9.17) is 9.47 Å². The maximum Gasteiger partial charge on any atom is 0.406 e. The van der Waals surface area contributed by atoms with Crippen molar-refractivity contribution in [2.45, 2.75) is 55.4 Å². The van der Waals surface area contributed by atoms with Crippen LogP contribution in [0, 0.1) is 23.7 Å². The van der Waals surface area contributed by atoms with E-state index in [2.05, 4.69) is 27.4 Å². The second kappa shape index (κ2) is 12.8. The fraction of sp³-hybridized carbons (Fsp3) is 0.515. The van der Waals surface area contributed by atoms with E-state index in [0.717, 1.165) is 63.9 Å².